The number of hydrogen-bond acceptors (Lipinski definition) is 1. The molecule has 0 aliphatic carbocycles. The lowest BCUT2D eigenvalue weighted by Crippen LogP contribution is -1.87. The molecule has 58 valence electrons. The first-order chi connectivity index (χ1) is 5.27. The Kier molecular flexibility index (Phi) is 1.46. The van der Waals surface area contributed by atoms with Gasteiger partial charge in [-0.2, -0.15) is 0 Å². The Morgan fingerprint density at radius 2 is 2.18 bits per heavy atom. The Labute approximate surface area is 67.6 Å². The van der Waals surface area contributed by atoms with Gasteiger partial charge in [-0.1, -0.05) is 29.8 Å². The third-order valence-electron chi connectivity index (χ3n) is 2.29. The molecule has 2 atom stereocenters. The molecule has 0 saturated carbocycles. The zero-order valence-electron chi connectivity index (χ0n) is 7.04. The molecule has 2 rings (SSSR count). The van der Waals surface area contributed by atoms with E-state index in [9.17, 15) is 0 Å². The number of likely N-dealkylation sites (N-methyl/N-ethyl adjacent to an activating group) is 1. The summed E-state index contributed by atoms with van der Waals surface area (Å²) in [7, 11) is 2.16. The van der Waals surface area contributed by atoms with Crippen LogP contribution in [0.15, 0.2) is 24.3 Å². The van der Waals surface area contributed by atoms with Crippen LogP contribution >= 0.6 is 0 Å². The van der Waals surface area contributed by atoms with Crippen molar-refractivity contribution in [3.8, 4) is 0 Å². The number of benzene rings is 1. The van der Waals surface area contributed by atoms with Gasteiger partial charge in [-0.05, 0) is 19.5 Å². The van der Waals surface area contributed by atoms with E-state index in [1.54, 1.807) is 0 Å². The van der Waals surface area contributed by atoms with E-state index in [4.69, 9.17) is 0 Å². The van der Waals surface area contributed by atoms with E-state index in [-0.39, 0.29) is 0 Å². The maximum Gasteiger partial charge on any atom is 0.0473 e. The molecule has 0 radical (unpaired) electrons. The molecule has 1 aliphatic rings. The maximum atomic E-state index is 2.34. The second-order valence-electron chi connectivity index (χ2n) is 3.37. The first kappa shape index (κ1) is 6.86. The third-order valence-corrected chi connectivity index (χ3v) is 2.29. The molecule has 0 bridgehead atoms. The van der Waals surface area contributed by atoms with Crippen LogP contribution in [-0.4, -0.2) is 18.5 Å². The minimum atomic E-state index is 0.704. The van der Waals surface area contributed by atoms with E-state index >= 15 is 0 Å². The summed E-state index contributed by atoms with van der Waals surface area (Å²) in [5.41, 5.74) is 2.83. The van der Waals surface area contributed by atoms with Gasteiger partial charge in [0.05, 0.1) is 0 Å². The van der Waals surface area contributed by atoms with Crippen molar-refractivity contribution in [3.63, 3.8) is 0 Å². The van der Waals surface area contributed by atoms with Gasteiger partial charge in [0.2, 0.25) is 0 Å². The summed E-state index contributed by atoms with van der Waals surface area (Å²) >= 11 is 0. The molecule has 0 N–H and O–H groups in total. The van der Waals surface area contributed by atoms with E-state index in [2.05, 4.69) is 43.1 Å². The van der Waals surface area contributed by atoms with Gasteiger partial charge < -0.3 is 0 Å². The van der Waals surface area contributed by atoms with Crippen molar-refractivity contribution < 1.29 is 0 Å². The first-order valence-electron chi connectivity index (χ1n) is 4.04. The van der Waals surface area contributed by atoms with E-state index in [0.717, 1.165) is 0 Å². The molecule has 1 heteroatoms. The molecule has 0 aromatic heterocycles. The lowest BCUT2D eigenvalue weighted by atomic mass is 10.1. The lowest BCUT2D eigenvalue weighted by Gasteiger charge is -1.98. The van der Waals surface area contributed by atoms with E-state index in [0.29, 0.717) is 6.04 Å². The fraction of sp³-hybridized carbons (Fsp3) is 0.400. The van der Waals surface area contributed by atoms with Crippen LogP contribution < -0.4 is 0 Å². The van der Waals surface area contributed by atoms with Crippen LogP contribution in [0.4, 0.5) is 0 Å². The van der Waals surface area contributed by atoms with Crippen LogP contribution in [0.25, 0.3) is 0 Å². The number of hydrogen-bond donors (Lipinski definition) is 0. The highest BCUT2D eigenvalue weighted by molar-refractivity contribution is 5.28. The Hall–Kier alpha value is -0.820. The van der Waals surface area contributed by atoms with Gasteiger partial charge in [0.1, 0.15) is 0 Å². The highest BCUT2D eigenvalue weighted by Crippen LogP contribution is 2.32. The molecule has 11 heavy (non-hydrogen) atoms. The Bertz CT molecular complexity index is 267. The van der Waals surface area contributed by atoms with Gasteiger partial charge in [-0.25, -0.2) is 0 Å². The van der Waals surface area contributed by atoms with Crippen molar-refractivity contribution in [2.24, 2.45) is 0 Å². The standard InChI is InChI=1S/C10H13N/c1-8-4-3-5-9(6-8)10-7-11(10)2/h3-6,10H,7H2,1-2H3. The van der Waals surface area contributed by atoms with Crippen LogP contribution in [0.2, 0.25) is 0 Å². The van der Waals surface area contributed by atoms with Crippen LogP contribution in [0, 0.1) is 6.92 Å². The topological polar surface area (TPSA) is 3.01 Å². The normalized spacial score (nSPS) is 28.5. The fourth-order valence-electron chi connectivity index (χ4n) is 1.46. The van der Waals surface area contributed by atoms with Gasteiger partial charge >= 0.3 is 0 Å². The van der Waals surface area contributed by atoms with Crippen molar-refractivity contribution >= 4 is 0 Å². The van der Waals surface area contributed by atoms with Crippen LogP contribution in [-0.2, 0) is 0 Å². The molecule has 1 heterocycles. The molecular formula is C10H13N. The predicted octanol–water partition coefficient (Wildman–Crippen LogP) is 1.98. The highest BCUT2D eigenvalue weighted by atomic mass is 15.3. The van der Waals surface area contributed by atoms with Crippen LogP contribution in [0.1, 0.15) is 17.2 Å². The molecule has 1 nitrogen and oxygen atoms in total. The minimum Gasteiger partial charge on any atom is -0.296 e. The van der Waals surface area contributed by atoms with Crippen LogP contribution in [0.3, 0.4) is 0 Å². The Balaban J connectivity index is 2.25. The molecule has 1 aliphatic heterocycles. The van der Waals surface area contributed by atoms with Crippen molar-refractivity contribution in [3.05, 3.63) is 35.4 Å². The van der Waals surface area contributed by atoms with Gasteiger partial charge in [0.25, 0.3) is 0 Å². The van der Waals surface area contributed by atoms with Gasteiger partial charge in [0, 0.05) is 12.6 Å². The maximum absolute atomic E-state index is 2.34. The fourth-order valence-corrected chi connectivity index (χ4v) is 1.46. The summed E-state index contributed by atoms with van der Waals surface area (Å²) in [6.45, 7) is 3.37. The van der Waals surface area contributed by atoms with Crippen molar-refractivity contribution in [1.82, 2.24) is 4.90 Å². The average Bonchev–Trinajstić information content (AvgIpc) is 2.67. The zero-order chi connectivity index (χ0) is 7.84. The summed E-state index contributed by atoms with van der Waals surface area (Å²) in [6, 6.07) is 9.47. The quantitative estimate of drug-likeness (QED) is 0.549. The van der Waals surface area contributed by atoms with Crippen molar-refractivity contribution in [1.29, 1.82) is 0 Å². The summed E-state index contributed by atoms with van der Waals surface area (Å²) in [6.07, 6.45) is 0. The molecule has 1 fully saturated rings. The third kappa shape index (κ3) is 1.29. The van der Waals surface area contributed by atoms with E-state index in [1.165, 1.54) is 17.7 Å². The molecule has 0 spiro atoms. The van der Waals surface area contributed by atoms with E-state index < -0.39 is 0 Å². The Morgan fingerprint density at radius 1 is 1.45 bits per heavy atom. The second-order valence-corrected chi connectivity index (χ2v) is 3.37. The van der Waals surface area contributed by atoms with Gasteiger partial charge in [0.15, 0.2) is 0 Å². The SMILES string of the molecule is Cc1cccc(C2CN2C)c1. The highest BCUT2D eigenvalue weighted by Gasteiger charge is 2.30. The van der Waals surface area contributed by atoms with Gasteiger partial charge in [-0.15, -0.1) is 0 Å². The number of aryl methyl sites for hydroxylation is 1. The number of rotatable bonds is 1. The molecule has 1 aromatic carbocycles. The number of nitrogens with zero attached hydrogens (tertiary/aromatic N) is 1. The largest absolute Gasteiger partial charge is 0.296 e. The van der Waals surface area contributed by atoms with Crippen LogP contribution in [0.5, 0.6) is 0 Å². The molecular weight excluding hydrogens is 134 g/mol. The van der Waals surface area contributed by atoms with E-state index in [1.807, 2.05) is 0 Å². The molecule has 1 aromatic rings. The minimum absolute atomic E-state index is 0.704. The summed E-state index contributed by atoms with van der Waals surface area (Å²) in [4.78, 5) is 2.34. The van der Waals surface area contributed by atoms with Crippen molar-refractivity contribution in [2.75, 3.05) is 13.6 Å². The molecule has 0 amide bonds. The zero-order valence-corrected chi connectivity index (χ0v) is 7.04. The molecule has 1 saturated heterocycles. The predicted molar refractivity (Wildman–Crippen MR) is 46.6 cm³/mol. The lowest BCUT2D eigenvalue weighted by molar-refractivity contribution is 0.631. The van der Waals surface area contributed by atoms with Gasteiger partial charge in [-0.3, -0.25) is 4.90 Å². The second kappa shape index (κ2) is 2.35. The first-order valence-corrected chi connectivity index (χ1v) is 4.04. The average molecular weight is 147 g/mol. The molecule has 2 unspecified atom stereocenters. The summed E-state index contributed by atoms with van der Waals surface area (Å²) in [5.74, 6) is 0. The summed E-state index contributed by atoms with van der Waals surface area (Å²) in [5, 5.41) is 0. The Morgan fingerprint density at radius 3 is 2.73 bits per heavy atom. The smallest absolute Gasteiger partial charge is 0.0473 e. The van der Waals surface area contributed by atoms with Crippen molar-refractivity contribution in [2.45, 2.75) is 13.0 Å². The monoisotopic (exact) mass is 147 g/mol. The summed E-state index contributed by atoms with van der Waals surface area (Å²) < 4.78 is 0.